The summed E-state index contributed by atoms with van der Waals surface area (Å²) in [6.45, 7) is 7.68. The minimum atomic E-state index is -0.885. The molecule has 2 aliphatic heterocycles. The lowest BCUT2D eigenvalue weighted by Gasteiger charge is -2.37. The highest BCUT2D eigenvalue weighted by molar-refractivity contribution is 5.15. The van der Waals surface area contributed by atoms with Crippen molar-refractivity contribution in [1.82, 2.24) is 0 Å². The second-order valence-corrected chi connectivity index (χ2v) is 12.5. The molecule has 0 amide bonds. The van der Waals surface area contributed by atoms with Gasteiger partial charge < -0.3 is 33.5 Å². The fraction of sp³-hybridized carbons (Fsp3) is 0.778. The van der Waals surface area contributed by atoms with Crippen molar-refractivity contribution in [1.29, 1.82) is 0 Å². The summed E-state index contributed by atoms with van der Waals surface area (Å²) in [6, 6.07) is 10.2. The van der Waals surface area contributed by atoms with Gasteiger partial charge in [0.25, 0.3) is 0 Å². The quantitative estimate of drug-likeness (QED) is 0.0952. The van der Waals surface area contributed by atoms with Crippen LogP contribution in [0.2, 0.25) is 0 Å². The van der Waals surface area contributed by atoms with Crippen LogP contribution in [0.3, 0.4) is 0 Å². The highest BCUT2D eigenvalue weighted by Crippen LogP contribution is 2.31. The SMILES string of the molecule is CCCCCCCCCC[C@@H]1O[C@H]([C@H](O)C#C[C@@H]2OC(C)(C)O[C@@H]2CCCCOCc2ccccc2)CC[C@H]1OCOC. The molecule has 7 nitrogen and oxygen atoms in total. The number of ether oxygens (including phenoxy) is 6. The molecule has 0 aromatic heterocycles. The zero-order valence-electron chi connectivity index (χ0n) is 27.3. The predicted octanol–water partition coefficient (Wildman–Crippen LogP) is 7.33. The summed E-state index contributed by atoms with van der Waals surface area (Å²) in [5.74, 6) is 5.54. The number of unbranched alkanes of at least 4 members (excludes halogenated alkanes) is 8. The highest BCUT2D eigenvalue weighted by atomic mass is 16.7. The van der Waals surface area contributed by atoms with Gasteiger partial charge in [0, 0.05) is 13.7 Å². The Morgan fingerprint density at radius 1 is 0.907 bits per heavy atom. The molecule has 2 aliphatic rings. The van der Waals surface area contributed by atoms with Gasteiger partial charge in [0.1, 0.15) is 19.0 Å². The molecular formula is C36H58O7. The van der Waals surface area contributed by atoms with Gasteiger partial charge in [-0.25, -0.2) is 0 Å². The van der Waals surface area contributed by atoms with Crippen molar-refractivity contribution < 1.29 is 33.5 Å². The number of aliphatic hydroxyl groups is 1. The second-order valence-electron chi connectivity index (χ2n) is 12.5. The Kier molecular flexibility index (Phi) is 17.2. The molecule has 0 saturated carbocycles. The van der Waals surface area contributed by atoms with E-state index in [1.54, 1.807) is 7.11 Å². The smallest absolute Gasteiger partial charge is 0.165 e. The zero-order chi connectivity index (χ0) is 30.8. The largest absolute Gasteiger partial charge is 0.378 e. The Morgan fingerprint density at radius 2 is 1.60 bits per heavy atom. The van der Waals surface area contributed by atoms with Gasteiger partial charge in [0.05, 0.1) is 31.0 Å². The maximum absolute atomic E-state index is 11.0. The standard InChI is InChI=1S/C36H58O7/c1-5-6-7-8-9-10-11-15-20-33-32(40-28-38-4)25-24-31(41-33)30(37)22-23-35-34(42-36(2,3)43-35)21-16-17-26-39-27-29-18-13-12-14-19-29/h12-14,18-19,30-35,37H,5-11,15-17,20-21,24-28H2,1-4H3/t30-,31+,32-,33+,34-,35+/m1/s1. The molecule has 0 radical (unpaired) electrons. The van der Waals surface area contributed by atoms with Crippen molar-refractivity contribution >= 4 is 0 Å². The molecule has 0 unspecified atom stereocenters. The second kappa shape index (κ2) is 20.5. The molecule has 6 atom stereocenters. The van der Waals surface area contributed by atoms with E-state index in [1.807, 2.05) is 32.0 Å². The van der Waals surface area contributed by atoms with E-state index in [-0.39, 0.29) is 37.3 Å². The minimum Gasteiger partial charge on any atom is -0.378 e. The number of methoxy groups -OCH3 is 1. The first kappa shape index (κ1) is 36.0. The van der Waals surface area contributed by atoms with Crippen LogP contribution in [0, 0.1) is 11.8 Å². The van der Waals surface area contributed by atoms with Gasteiger partial charge in [-0.3, -0.25) is 0 Å². The lowest BCUT2D eigenvalue weighted by atomic mass is 9.94. The van der Waals surface area contributed by atoms with Gasteiger partial charge in [-0.05, 0) is 57.9 Å². The zero-order valence-corrected chi connectivity index (χ0v) is 27.3. The van der Waals surface area contributed by atoms with Gasteiger partial charge in [-0.15, -0.1) is 0 Å². The van der Waals surface area contributed by atoms with Crippen molar-refractivity contribution in [2.45, 2.75) is 160 Å². The van der Waals surface area contributed by atoms with Crippen LogP contribution < -0.4 is 0 Å². The predicted molar refractivity (Wildman–Crippen MR) is 169 cm³/mol. The van der Waals surface area contributed by atoms with E-state index in [4.69, 9.17) is 28.4 Å². The molecule has 1 aromatic carbocycles. The topological polar surface area (TPSA) is 75.6 Å². The molecule has 2 heterocycles. The van der Waals surface area contributed by atoms with E-state index < -0.39 is 11.9 Å². The number of aliphatic hydroxyl groups excluding tert-OH is 1. The van der Waals surface area contributed by atoms with E-state index in [9.17, 15) is 5.11 Å². The third-order valence-corrected chi connectivity index (χ3v) is 8.29. The molecule has 2 saturated heterocycles. The van der Waals surface area contributed by atoms with Crippen LogP contribution in [0.15, 0.2) is 30.3 Å². The maximum Gasteiger partial charge on any atom is 0.165 e. The first-order valence-electron chi connectivity index (χ1n) is 16.8. The van der Waals surface area contributed by atoms with E-state index >= 15 is 0 Å². The summed E-state index contributed by atoms with van der Waals surface area (Å²) in [5.41, 5.74) is 1.19. The van der Waals surface area contributed by atoms with E-state index in [1.165, 1.54) is 50.5 Å². The Morgan fingerprint density at radius 3 is 2.35 bits per heavy atom. The van der Waals surface area contributed by atoms with Gasteiger partial charge in [0.2, 0.25) is 0 Å². The third kappa shape index (κ3) is 14.0. The summed E-state index contributed by atoms with van der Waals surface area (Å²) < 4.78 is 35.6. The molecule has 0 bridgehead atoms. The third-order valence-electron chi connectivity index (χ3n) is 8.29. The number of hydrogen-bond donors (Lipinski definition) is 1. The normalized spacial score (nSPS) is 25.7. The fourth-order valence-corrected chi connectivity index (χ4v) is 5.95. The van der Waals surface area contributed by atoms with Crippen LogP contribution in [0.25, 0.3) is 0 Å². The molecule has 2 fully saturated rings. The first-order valence-corrected chi connectivity index (χ1v) is 16.8. The number of rotatable bonds is 20. The van der Waals surface area contributed by atoms with Crippen molar-refractivity contribution in [3.63, 3.8) is 0 Å². The van der Waals surface area contributed by atoms with E-state index in [2.05, 4.69) is 30.9 Å². The molecule has 1 aromatic rings. The summed E-state index contributed by atoms with van der Waals surface area (Å²) >= 11 is 0. The van der Waals surface area contributed by atoms with Crippen molar-refractivity contribution in [2.24, 2.45) is 0 Å². The summed E-state index contributed by atoms with van der Waals surface area (Å²) in [5, 5.41) is 11.0. The maximum atomic E-state index is 11.0. The molecule has 1 N–H and O–H groups in total. The van der Waals surface area contributed by atoms with Crippen molar-refractivity contribution in [2.75, 3.05) is 20.5 Å². The number of hydrogen-bond acceptors (Lipinski definition) is 7. The summed E-state index contributed by atoms with van der Waals surface area (Å²) in [7, 11) is 1.64. The Balaban J connectivity index is 1.43. The van der Waals surface area contributed by atoms with Crippen molar-refractivity contribution in [3.8, 4) is 11.8 Å². The van der Waals surface area contributed by atoms with Crippen LogP contribution in [0.1, 0.15) is 116 Å². The van der Waals surface area contributed by atoms with Gasteiger partial charge in [-0.1, -0.05) is 100 Å². The Hall–Kier alpha value is -1.50. The van der Waals surface area contributed by atoms with Crippen LogP contribution in [-0.4, -0.2) is 68.0 Å². The molecule has 43 heavy (non-hydrogen) atoms. The van der Waals surface area contributed by atoms with Crippen LogP contribution in [0.4, 0.5) is 0 Å². The van der Waals surface area contributed by atoms with Crippen LogP contribution in [-0.2, 0) is 35.0 Å². The molecule has 244 valence electrons. The molecule has 0 spiro atoms. The van der Waals surface area contributed by atoms with Gasteiger partial charge in [0.15, 0.2) is 5.79 Å². The van der Waals surface area contributed by atoms with E-state index in [0.29, 0.717) is 19.6 Å². The van der Waals surface area contributed by atoms with Crippen molar-refractivity contribution in [3.05, 3.63) is 35.9 Å². The minimum absolute atomic E-state index is 0.0191. The fourth-order valence-electron chi connectivity index (χ4n) is 5.95. The van der Waals surface area contributed by atoms with Gasteiger partial charge in [-0.2, -0.15) is 0 Å². The average Bonchev–Trinajstić information content (AvgIpc) is 3.31. The van der Waals surface area contributed by atoms with Crippen LogP contribution in [0.5, 0.6) is 0 Å². The average molecular weight is 603 g/mol. The number of benzene rings is 1. The van der Waals surface area contributed by atoms with E-state index in [0.717, 1.165) is 38.5 Å². The molecular weight excluding hydrogens is 544 g/mol. The Labute approximate surface area is 261 Å². The summed E-state index contributed by atoms with van der Waals surface area (Å²) in [6.07, 6.45) is 13.5. The highest BCUT2D eigenvalue weighted by Gasteiger charge is 2.40. The first-order chi connectivity index (χ1) is 20.9. The lowest BCUT2D eigenvalue weighted by molar-refractivity contribution is -0.186. The van der Waals surface area contributed by atoms with Gasteiger partial charge >= 0.3 is 0 Å². The molecule has 0 aliphatic carbocycles. The monoisotopic (exact) mass is 602 g/mol. The van der Waals surface area contributed by atoms with Crippen LogP contribution >= 0.6 is 0 Å². The lowest BCUT2D eigenvalue weighted by Crippen LogP contribution is -2.45. The molecule has 3 rings (SSSR count). The summed E-state index contributed by atoms with van der Waals surface area (Å²) in [4.78, 5) is 0. The molecule has 7 heteroatoms. The Bertz CT molecular complexity index is 911.